The molecule has 3 aromatic rings. The molecular formula is C14H9Cl2N3O. The molecule has 20 heavy (non-hydrogen) atoms. The fourth-order valence-corrected chi connectivity index (χ4v) is 2.25. The van der Waals surface area contributed by atoms with Crippen molar-refractivity contribution in [3.8, 4) is 0 Å². The summed E-state index contributed by atoms with van der Waals surface area (Å²) in [6, 6.07) is 8.46. The zero-order valence-electron chi connectivity index (χ0n) is 10.2. The van der Waals surface area contributed by atoms with Crippen molar-refractivity contribution in [1.82, 2.24) is 9.97 Å². The van der Waals surface area contributed by atoms with Crippen LogP contribution in [0.1, 0.15) is 10.4 Å². The molecule has 2 heterocycles. The fraction of sp³-hybridized carbons (Fsp3) is 0. The van der Waals surface area contributed by atoms with Gasteiger partial charge < -0.3 is 10.3 Å². The van der Waals surface area contributed by atoms with E-state index in [0.717, 1.165) is 11.0 Å². The van der Waals surface area contributed by atoms with Gasteiger partial charge in [-0.25, -0.2) is 4.98 Å². The summed E-state index contributed by atoms with van der Waals surface area (Å²) in [5.41, 5.74) is 1.69. The van der Waals surface area contributed by atoms with E-state index < -0.39 is 0 Å². The molecule has 0 saturated heterocycles. The number of halogens is 2. The van der Waals surface area contributed by atoms with Gasteiger partial charge in [0.2, 0.25) is 0 Å². The molecule has 2 aromatic heterocycles. The molecule has 0 bridgehead atoms. The zero-order valence-corrected chi connectivity index (χ0v) is 11.7. The Bertz CT molecular complexity index is 798. The van der Waals surface area contributed by atoms with Crippen LogP contribution in [-0.4, -0.2) is 15.9 Å². The first-order chi connectivity index (χ1) is 9.63. The first-order valence-electron chi connectivity index (χ1n) is 5.83. The number of benzene rings is 1. The van der Waals surface area contributed by atoms with Crippen molar-refractivity contribution in [3.63, 3.8) is 0 Å². The van der Waals surface area contributed by atoms with E-state index in [2.05, 4.69) is 15.3 Å². The summed E-state index contributed by atoms with van der Waals surface area (Å²) in [5.74, 6) is -0.325. The van der Waals surface area contributed by atoms with E-state index in [-0.39, 0.29) is 5.91 Å². The number of rotatable bonds is 2. The Balaban J connectivity index is 1.89. The zero-order chi connectivity index (χ0) is 14.1. The number of anilines is 1. The summed E-state index contributed by atoms with van der Waals surface area (Å²) in [4.78, 5) is 19.4. The van der Waals surface area contributed by atoms with E-state index in [0.29, 0.717) is 21.3 Å². The number of aromatic nitrogens is 2. The highest BCUT2D eigenvalue weighted by Crippen LogP contribution is 2.22. The second kappa shape index (κ2) is 5.15. The number of carbonyl (C=O) groups is 1. The molecule has 0 unspecified atom stereocenters. The van der Waals surface area contributed by atoms with Crippen molar-refractivity contribution < 1.29 is 4.79 Å². The van der Waals surface area contributed by atoms with Gasteiger partial charge >= 0.3 is 0 Å². The standard InChI is InChI=1S/C14H9Cl2N3O/c15-9-1-2-12(16)11(6-9)14(20)19-10-5-8-3-4-17-13(8)18-7-10/h1-7H,(H,17,18)(H,19,20). The Morgan fingerprint density at radius 2 is 2.05 bits per heavy atom. The van der Waals surface area contributed by atoms with Gasteiger partial charge in [0.25, 0.3) is 5.91 Å². The van der Waals surface area contributed by atoms with Crippen LogP contribution in [0, 0.1) is 0 Å². The molecule has 4 nitrogen and oxygen atoms in total. The number of nitrogens with zero attached hydrogens (tertiary/aromatic N) is 1. The SMILES string of the molecule is O=C(Nc1cnc2[nH]ccc2c1)c1cc(Cl)ccc1Cl. The molecule has 0 saturated carbocycles. The average molecular weight is 306 g/mol. The number of pyridine rings is 1. The van der Waals surface area contributed by atoms with Crippen molar-refractivity contribution in [2.45, 2.75) is 0 Å². The van der Waals surface area contributed by atoms with Gasteiger partial charge in [0.05, 0.1) is 22.5 Å². The van der Waals surface area contributed by atoms with Crippen molar-refractivity contribution in [2.24, 2.45) is 0 Å². The van der Waals surface area contributed by atoms with Crippen molar-refractivity contribution in [2.75, 3.05) is 5.32 Å². The summed E-state index contributed by atoms with van der Waals surface area (Å²) in [5, 5.41) is 4.47. The maximum Gasteiger partial charge on any atom is 0.257 e. The predicted molar refractivity (Wildman–Crippen MR) is 80.5 cm³/mol. The lowest BCUT2D eigenvalue weighted by Crippen LogP contribution is -2.12. The highest BCUT2D eigenvalue weighted by Gasteiger charge is 2.11. The Hall–Kier alpha value is -2.04. The number of hydrogen-bond donors (Lipinski definition) is 2. The second-order valence-electron chi connectivity index (χ2n) is 4.22. The van der Waals surface area contributed by atoms with Crippen molar-refractivity contribution >= 4 is 45.8 Å². The summed E-state index contributed by atoms with van der Waals surface area (Å²) in [6.45, 7) is 0. The third kappa shape index (κ3) is 2.48. The highest BCUT2D eigenvalue weighted by atomic mass is 35.5. The molecule has 6 heteroatoms. The van der Waals surface area contributed by atoms with Gasteiger partial charge in [0.1, 0.15) is 5.65 Å². The lowest BCUT2D eigenvalue weighted by molar-refractivity contribution is 0.102. The van der Waals surface area contributed by atoms with E-state index in [4.69, 9.17) is 23.2 Å². The largest absolute Gasteiger partial charge is 0.346 e. The average Bonchev–Trinajstić information content (AvgIpc) is 2.89. The van der Waals surface area contributed by atoms with Gasteiger partial charge in [-0.15, -0.1) is 0 Å². The van der Waals surface area contributed by atoms with Crippen LogP contribution >= 0.6 is 23.2 Å². The van der Waals surface area contributed by atoms with Crippen LogP contribution in [0.15, 0.2) is 42.7 Å². The maximum atomic E-state index is 12.2. The van der Waals surface area contributed by atoms with Crippen LogP contribution in [0.4, 0.5) is 5.69 Å². The van der Waals surface area contributed by atoms with Crippen molar-refractivity contribution in [3.05, 3.63) is 58.3 Å². The first kappa shape index (κ1) is 13.0. The molecule has 0 fully saturated rings. The van der Waals surface area contributed by atoms with E-state index in [1.165, 1.54) is 6.07 Å². The molecule has 100 valence electrons. The Kier molecular flexibility index (Phi) is 3.34. The molecule has 1 aromatic carbocycles. The van der Waals surface area contributed by atoms with E-state index in [1.807, 2.05) is 12.1 Å². The van der Waals surface area contributed by atoms with Crippen LogP contribution < -0.4 is 5.32 Å². The van der Waals surface area contributed by atoms with Gasteiger partial charge in [-0.2, -0.15) is 0 Å². The van der Waals surface area contributed by atoms with Crippen LogP contribution in [0.5, 0.6) is 0 Å². The third-order valence-corrected chi connectivity index (χ3v) is 3.40. The normalized spacial score (nSPS) is 10.7. The quantitative estimate of drug-likeness (QED) is 0.748. The molecule has 0 radical (unpaired) electrons. The molecule has 1 amide bonds. The topological polar surface area (TPSA) is 57.8 Å². The number of fused-ring (bicyclic) bond motifs is 1. The second-order valence-corrected chi connectivity index (χ2v) is 5.06. The molecule has 0 aliphatic carbocycles. The number of hydrogen-bond acceptors (Lipinski definition) is 2. The van der Waals surface area contributed by atoms with E-state index in [1.54, 1.807) is 24.5 Å². The number of amides is 1. The molecular weight excluding hydrogens is 297 g/mol. The molecule has 0 aliphatic heterocycles. The third-order valence-electron chi connectivity index (χ3n) is 2.83. The van der Waals surface area contributed by atoms with E-state index in [9.17, 15) is 4.79 Å². The summed E-state index contributed by atoms with van der Waals surface area (Å²) >= 11 is 11.9. The highest BCUT2D eigenvalue weighted by molar-refractivity contribution is 6.36. The van der Waals surface area contributed by atoms with Gasteiger partial charge in [-0.1, -0.05) is 23.2 Å². The smallest absolute Gasteiger partial charge is 0.257 e. The molecule has 3 rings (SSSR count). The fourth-order valence-electron chi connectivity index (χ4n) is 1.88. The lowest BCUT2D eigenvalue weighted by Gasteiger charge is -2.07. The van der Waals surface area contributed by atoms with Gasteiger partial charge in [0.15, 0.2) is 0 Å². The Morgan fingerprint density at radius 3 is 2.90 bits per heavy atom. The Labute approximate surface area is 124 Å². The minimum absolute atomic E-state index is 0.325. The Morgan fingerprint density at radius 1 is 1.20 bits per heavy atom. The summed E-state index contributed by atoms with van der Waals surface area (Å²) in [6.07, 6.45) is 3.37. The molecule has 2 N–H and O–H groups in total. The minimum Gasteiger partial charge on any atom is -0.346 e. The molecule has 0 aliphatic rings. The molecule has 0 atom stereocenters. The van der Waals surface area contributed by atoms with Crippen LogP contribution in [0.3, 0.4) is 0 Å². The van der Waals surface area contributed by atoms with Gasteiger partial charge in [0, 0.05) is 16.6 Å². The number of H-pyrrole nitrogens is 1. The van der Waals surface area contributed by atoms with Gasteiger partial charge in [-0.3, -0.25) is 4.79 Å². The summed E-state index contributed by atoms with van der Waals surface area (Å²) < 4.78 is 0. The molecule has 0 spiro atoms. The number of nitrogens with one attached hydrogen (secondary N) is 2. The van der Waals surface area contributed by atoms with Crippen LogP contribution in [0.25, 0.3) is 11.0 Å². The van der Waals surface area contributed by atoms with Crippen LogP contribution in [0.2, 0.25) is 10.0 Å². The first-order valence-corrected chi connectivity index (χ1v) is 6.58. The predicted octanol–water partition coefficient (Wildman–Crippen LogP) is 4.12. The lowest BCUT2D eigenvalue weighted by atomic mass is 10.2. The minimum atomic E-state index is -0.325. The van der Waals surface area contributed by atoms with E-state index >= 15 is 0 Å². The number of aromatic amines is 1. The monoisotopic (exact) mass is 305 g/mol. The maximum absolute atomic E-state index is 12.2. The van der Waals surface area contributed by atoms with Crippen molar-refractivity contribution in [1.29, 1.82) is 0 Å². The summed E-state index contributed by atoms with van der Waals surface area (Å²) in [7, 11) is 0. The van der Waals surface area contributed by atoms with Gasteiger partial charge in [-0.05, 0) is 30.3 Å². The van der Waals surface area contributed by atoms with Crippen LogP contribution in [-0.2, 0) is 0 Å². The number of carbonyl (C=O) groups excluding carboxylic acids is 1.